The second-order valence-electron chi connectivity index (χ2n) is 4.40. The molecule has 1 aliphatic rings. The Morgan fingerprint density at radius 2 is 2.35 bits per heavy atom. The van der Waals surface area contributed by atoms with Crippen molar-refractivity contribution in [2.75, 3.05) is 6.54 Å². The number of carbonyl (C=O) groups excluding carboxylic acids is 1. The highest BCUT2D eigenvalue weighted by Crippen LogP contribution is 2.29. The highest BCUT2D eigenvalue weighted by Gasteiger charge is 2.40. The molecule has 1 fully saturated rings. The van der Waals surface area contributed by atoms with Gasteiger partial charge < -0.3 is 5.32 Å². The maximum Gasteiger partial charge on any atom is 0.185 e. The molecule has 0 amide bonds. The van der Waals surface area contributed by atoms with Crippen molar-refractivity contribution in [3.05, 3.63) is 34.1 Å². The molecule has 2 rings (SSSR count). The monoisotopic (exact) mass is 299 g/mol. The summed E-state index contributed by atoms with van der Waals surface area (Å²) in [7, 11) is 0. The Hall–Kier alpha value is -0.740. The number of carbonyl (C=O) groups is 1. The topological polar surface area (TPSA) is 29.1 Å². The third kappa shape index (κ3) is 2.16. The first-order valence-corrected chi connectivity index (χ1v) is 6.64. The standard InChI is InChI=1S/C13H15BrFNO/c1-2-13(7-4-8-16-13)12(17)9-5-3-6-10(14)11(9)15/h3,5-6,16H,2,4,7-8H2,1H3. The molecule has 0 aromatic heterocycles. The lowest BCUT2D eigenvalue weighted by Crippen LogP contribution is -2.47. The van der Waals surface area contributed by atoms with Crippen molar-refractivity contribution in [1.82, 2.24) is 5.32 Å². The van der Waals surface area contributed by atoms with E-state index in [1.165, 1.54) is 0 Å². The van der Waals surface area contributed by atoms with Crippen molar-refractivity contribution < 1.29 is 9.18 Å². The SMILES string of the molecule is CCC1(C(=O)c2cccc(Br)c2F)CCCN1. The first kappa shape index (κ1) is 12.7. The Labute approximate surface area is 109 Å². The molecule has 1 aromatic carbocycles. The molecule has 1 atom stereocenters. The first-order valence-electron chi connectivity index (χ1n) is 5.84. The summed E-state index contributed by atoms with van der Waals surface area (Å²) in [5.74, 6) is -0.588. The number of hydrogen-bond donors (Lipinski definition) is 1. The quantitative estimate of drug-likeness (QED) is 0.868. The summed E-state index contributed by atoms with van der Waals surface area (Å²) >= 11 is 3.11. The summed E-state index contributed by atoms with van der Waals surface area (Å²) in [4.78, 5) is 12.4. The van der Waals surface area contributed by atoms with Gasteiger partial charge in [-0.1, -0.05) is 13.0 Å². The van der Waals surface area contributed by atoms with Crippen molar-refractivity contribution in [3.8, 4) is 0 Å². The van der Waals surface area contributed by atoms with Crippen LogP contribution in [0, 0.1) is 5.82 Å². The number of halogens is 2. The normalized spacial score (nSPS) is 23.9. The van der Waals surface area contributed by atoms with E-state index in [1.54, 1.807) is 18.2 Å². The van der Waals surface area contributed by atoms with Gasteiger partial charge in [-0.2, -0.15) is 0 Å². The molecule has 1 heterocycles. The minimum absolute atomic E-state index is 0.128. The third-order valence-electron chi connectivity index (χ3n) is 3.48. The molecule has 0 bridgehead atoms. The van der Waals surface area contributed by atoms with Gasteiger partial charge in [-0.3, -0.25) is 4.79 Å². The minimum Gasteiger partial charge on any atom is -0.305 e. The lowest BCUT2D eigenvalue weighted by atomic mass is 9.85. The van der Waals surface area contributed by atoms with Gasteiger partial charge in [0.15, 0.2) is 5.78 Å². The molecule has 4 heteroatoms. The second kappa shape index (κ2) is 4.86. The zero-order valence-electron chi connectivity index (χ0n) is 9.72. The Bertz CT molecular complexity index is 441. The molecule has 0 radical (unpaired) electrons. The van der Waals surface area contributed by atoms with E-state index in [0.29, 0.717) is 10.9 Å². The fourth-order valence-electron chi connectivity index (χ4n) is 2.40. The predicted octanol–water partition coefficient (Wildman–Crippen LogP) is 3.30. The number of rotatable bonds is 3. The van der Waals surface area contributed by atoms with Crippen LogP contribution in [-0.2, 0) is 0 Å². The van der Waals surface area contributed by atoms with Crippen LogP contribution in [0.1, 0.15) is 36.5 Å². The number of benzene rings is 1. The molecule has 0 saturated carbocycles. The van der Waals surface area contributed by atoms with Crippen LogP contribution < -0.4 is 5.32 Å². The smallest absolute Gasteiger partial charge is 0.185 e. The van der Waals surface area contributed by atoms with Gasteiger partial charge in [0.2, 0.25) is 0 Å². The minimum atomic E-state index is -0.568. The average molecular weight is 300 g/mol. The van der Waals surface area contributed by atoms with Gasteiger partial charge in [0, 0.05) is 0 Å². The molecule has 2 nitrogen and oxygen atoms in total. The van der Waals surface area contributed by atoms with E-state index in [0.717, 1.165) is 19.4 Å². The lowest BCUT2D eigenvalue weighted by molar-refractivity contribution is 0.0859. The molecular formula is C13H15BrFNO. The molecular weight excluding hydrogens is 285 g/mol. The highest BCUT2D eigenvalue weighted by atomic mass is 79.9. The number of Topliss-reactive ketones (excluding diaryl/α,β-unsaturated/α-hetero) is 1. The van der Waals surface area contributed by atoms with Gasteiger partial charge >= 0.3 is 0 Å². The summed E-state index contributed by atoms with van der Waals surface area (Å²) in [6, 6.07) is 4.85. The molecule has 1 aromatic rings. The van der Waals surface area contributed by atoms with Crippen LogP contribution in [0.4, 0.5) is 4.39 Å². The van der Waals surface area contributed by atoms with Crippen LogP contribution in [0.5, 0.6) is 0 Å². The maximum atomic E-state index is 13.9. The predicted molar refractivity (Wildman–Crippen MR) is 68.7 cm³/mol. The van der Waals surface area contributed by atoms with E-state index in [4.69, 9.17) is 0 Å². The van der Waals surface area contributed by atoms with Crippen LogP contribution >= 0.6 is 15.9 Å². The van der Waals surface area contributed by atoms with Gasteiger partial charge in [0.05, 0.1) is 15.6 Å². The maximum absolute atomic E-state index is 13.9. The molecule has 1 saturated heterocycles. The average Bonchev–Trinajstić information content (AvgIpc) is 2.82. The van der Waals surface area contributed by atoms with Crippen LogP contribution in [0.3, 0.4) is 0 Å². The summed E-state index contributed by atoms with van der Waals surface area (Å²) < 4.78 is 14.3. The molecule has 0 spiro atoms. The summed E-state index contributed by atoms with van der Waals surface area (Å²) in [6.07, 6.45) is 2.45. The van der Waals surface area contributed by atoms with Crippen LogP contribution in [-0.4, -0.2) is 17.9 Å². The van der Waals surface area contributed by atoms with Crippen LogP contribution in [0.25, 0.3) is 0 Å². The molecule has 1 N–H and O–H groups in total. The molecule has 1 aliphatic heterocycles. The van der Waals surface area contributed by atoms with Gasteiger partial charge in [0.25, 0.3) is 0 Å². The molecule has 92 valence electrons. The zero-order valence-corrected chi connectivity index (χ0v) is 11.3. The van der Waals surface area contributed by atoms with Crippen LogP contribution in [0.2, 0.25) is 0 Å². The number of ketones is 1. The van der Waals surface area contributed by atoms with E-state index in [2.05, 4.69) is 21.2 Å². The largest absolute Gasteiger partial charge is 0.305 e. The van der Waals surface area contributed by atoms with Crippen molar-refractivity contribution in [2.45, 2.75) is 31.7 Å². The Morgan fingerprint density at radius 3 is 2.94 bits per heavy atom. The zero-order chi connectivity index (χ0) is 12.5. The van der Waals surface area contributed by atoms with E-state index in [1.807, 2.05) is 6.92 Å². The van der Waals surface area contributed by atoms with Crippen molar-refractivity contribution >= 4 is 21.7 Å². The van der Waals surface area contributed by atoms with Gasteiger partial charge in [-0.25, -0.2) is 4.39 Å². The highest BCUT2D eigenvalue weighted by molar-refractivity contribution is 9.10. The third-order valence-corrected chi connectivity index (χ3v) is 4.09. The summed E-state index contributed by atoms with van der Waals surface area (Å²) in [5.41, 5.74) is -0.391. The van der Waals surface area contributed by atoms with E-state index in [9.17, 15) is 9.18 Å². The number of nitrogens with one attached hydrogen (secondary N) is 1. The van der Waals surface area contributed by atoms with E-state index >= 15 is 0 Å². The summed E-state index contributed by atoms with van der Waals surface area (Å²) in [5, 5.41) is 3.23. The van der Waals surface area contributed by atoms with Gasteiger partial charge in [-0.05, 0) is 53.9 Å². The van der Waals surface area contributed by atoms with Crippen LogP contribution in [0.15, 0.2) is 22.7 Å². The molecule has 0 aliphatic carbocycles. The Morgan fingerprint density at radius 1 is 1.59 bits per heavy atom. The van der Waals surface area contributed by atoms with Crippen molar-refractivity contribution in [2.24, 2.45) is 0 Å². The fourth-order valence-corrected chi connectivity index (χ4v) is 2.77. The first-order chi connectivity index (χ1) is 8.10. The molecule has 1 unspecified atom stereocenters. The van der Waals surface area contributed by atoms with Crippen molar-refractivity contribution in [3.63, 3.8) is 0 Å². The summed E-state index contributed by atoms with van der Waals surface area (Å²) in [6.45, 7) is 2.79. The second-order valence-corrected chi connectivity index (χ2v) is 5.25. The fraction of sp³-hybridized carbons (Fsp3) is 0.462. The Balaban J connectivity index is 2.39. The van der Waals surface area contributed by atoms with E-state index in [-0.39, 0.29) is 11.3 Å². The van der Waals surface area contributed by atoms with Gasteiger partial charge in [0.1, 0.15) is 5.82 Å². The van der Waals surface area contributed by atoms with Gasteiger partial charge in [-0.15, -0.1) is 0 Å². The number of hydrogen-bond acceptors (Lipinski definition) is 2. The van der Waals surface area contributed by atoms with E-state index < -0.39 is 11.4 Å². The lowest BCUT2D eigenvalue weighted by Gasteiger charge is -2.26. The molecule has 17 heavy (non-hydrogen) atoms. The Kier molecular flexibility index (Phi) is 3.64. The van der Waals surface area contributed by atoms with Crippen molar-refractivity contribution in [1.29, 1.82) is 0 Å².